The van der Waals surface area contributed by atoms with Crippen LogP contribution < -0.4 is 5.32 Å². The van der Waals surface area contributed by atoms with Crippen LogP contribution >= 0.6 is 0 Å². The fraction of sp³-hybridized carbons (Fsp3) is 0.875. The van der Waals surface area contributed by atoms with Crippen molar-refractivity contribution >= 4 is 6.29 Å². The van der Waals surface area contributed by atoms with Crippen LogP contribution in [0.3, 0.4) is 0 Å². The van der Waals surface area contributed by atoms with Crippen molar-refractivity contribution in [3.05, 3.63) is 0 Å². The second kappa shape index (κ2) is 3.51. The number of hydrogen-bond donors (Lipinski definition) is 1. The largest absolute Gasteiger partial charge is 0.302 e. The number of hydrazine groups is 1. The van der Waals surface area contributed by atoms with Gasteiger partial charge < -0.3 is 10.1 Å². The van der Waals surface area contributed by atoms with E-state index in [-0.39, 0.29) is 6.04 Å². The number of carbonyl (C=O) groups excluding carboxylic acids is 1. The fourth-order valence-corrected chi connectivity index (χ4v) is 1.98. The van der Waals surface area contributed by atoms with Crippen LogP contribution in [0.5, 0.6) is 0 Å². The third kappa shape index (κ3) is 1.37. The van der Waals surface area contributed by atoms with Crippen LogP contribution in [0.4, 0.5) is 0 Å². The molecule has 2 rings (SSSR count). The molecule has 0 unspecified atom stereocenters. The molecule has 68 valence electrons. The lowest BCUT2D eigenvalue weighted by atomic mass is 10.2. The number of nitrogens with zero attached hydrogens (tertiary/aromatic N) is 2. The molecule has 4 heteroatoms. The highest BCUT2D eigenvalue weighted by atomic mass is 16.1. The second-order valence-electron chi connectivity index (χ2n) is 3.40. The summed E-state index contributed by atoms with van der Waals surface area (Å²) in [5, 5.41) is 7.71. The molecule has 2 fully saturated rings. The Kier molecular flexibility index (Phi) is 2.39. The van der Waals surface area contributed by atoms with Gasteiger partial charge in [-0.15, -0.1) is 0 Å². The summed E-state index contributed by atoms with van der Waals surface area (Å²) in [6, 6.07) is 0.143. The van der Waals surface area contributed by atoms with E-state index in [4.69, 9.17) is 0 Å². The number of rotatable bonds is 2. The topological polar surface area (TPSA) is 35.6 Å². The molecule has 1 atom stereocenters. The van der Waals surface area contributed by atoms with Gasteiger partial charge in [-0.2, -0.15) is 0 Å². The summed E-state index contributed by atoms with van der Waals surface area (Å²) in [6.07, 6.45) is 3.26. The molecule has 2 aliphatic rings. The third-order valence-corrected chi connectivity index (χ3v) is 2.63. The molecular formula is C8H15N3O. The molecule has 0 spiro atoms. The van der Waals surface area contributed by atoms with Crippen LogP contribution in [0.25, 0.3) is 0 Å². The minimum absolute atomic E-state index is 0.143. The Morgan fingerprint density at radius 2 is 2.33 bits per heavy atom. The summed E-state index contributed by atoms with van der Waals surface area (Å²) >= 11 is 0. The number of carbonyl (C=O) groups is 1. The Hall–Kier alpha value is -0.450. The van der Waals surface area contributed by atoms with Gasteiger partial charge in [-0.1, -0.05) is 0 Å². The highest BCUT2D eigenvalue weighted by molar-refractivity contribution is 5.57. The van der Waals surface area contributed by atoms with E-state index in [1.807, 2.05) is 0 Å². The monoisotopic (exact) mass is 169 g/mol. The van der Waals surface area contributed by atoms with Gasteiger partial charge in [0.1, 0.15) is 6.29 Å². The van der Waals surface area contributed by atoms with Crippen molar-refractivity contribution < 1.29 is 4.79 Å². The Bertz CT molecular complexity index is 168. The van der Waals surface area contributed by atoms with Gasteiger partial charge in [0.25, 0.3) is 0 Å². The zero-order valence-electron chi connectivity index (χ0n) is 7.20. The summed E-state index contributed by atoms with van der Waals surface area (Å²) in [7, 11) is 0. The van der Waals surface area contributed by atoms with E-state index in [1.54, 1.807) is 0 Å². The minimum Gasteiger partial charge on any atom is -0.302 e. The Morgan fingerprint density at radius 3 is 3.00 bits per heavy atom. The molecule has 0 aromatic rings. The van der Waals surface area contributed by atoms with E-state index in [2.05, 4.69) is 15.3 Å². The van der Waals surface area contributed by atoms with Crippen molar-refractivity contribution in [2.45, 2.75) is 18.9 Å². The molecule has 0 aromatic carbocycles. The molecule has 2 heterocycles. The van der Waals surface area contributed by atoms with Crippen LogP contribution in [0, 0.1) is 0 Å². The van der Waals surface area contributed by atoms with Crippen LogP contribution in [-0.2, 0) is 4.79 Å². The summed E-state index contributed by atoms with van der Waals surface area (Å²) in [5.41, 5.74) is 0. The summed E-state index contributed by atoms with van der Waals surface area (Å²) in [6.45, 7) is 4.04. The van der Waals surface area contributed by atoms with Crippen molar-refractivity contribution in [2.24, 2.45) is 0 Å². The number of nitrogens with one attached hydrogen (secondary N) is 1. The molecule has 0 radical (unpaired) electrons. The molecule has 1 N–H and O–H groups in total. The predicted octanol–water partition coefficient (Wildman–Crippen LogP) is -0.573. The standard InChI is InChI=1S/C8H15N3O/c12-6-8-2-1-4-11(8)10-5-3-9-7-10/h6,8-9H,1-5,7H2/t8-/m0/s1. The van der Waals surface area contributed by atoms with Crippen molar-refractivity contribution in [3.63, 3.8) is 0 Å². The molecule has 4 nitrogen and oxygen atoms in total. The van der Waals surface area contributed by atoms with Gasteiger partial charge in [0, 0.05) is 19.6 Å². The van der Waals surface area contributed by atoms with Crippen molar-refractivity contribution in [3.8, 4) is 0 Å². The van der Waals surface area contributed by atoms with Crippen LogP contribution in [0.15, 0.2) is 0 Å². The van der Waals surface area contributed by atoms with E-state index in [0.29, 0.717) is 0 Å². The molecular weight excluding hydrogens is 154 g/mol. The average Bonchev–Trinajstić information content (AvgIpc) is 2.74. The Morgan fingerprint density at radius 1 is 1.42 bits per heavy atom. The number of aldehydes is 1. The van der Waals surface area contributed by atoms with Gasteiger partial charge in [0.2, 0.25) is 0 Å². The fourth-order valence-electron chi connectivity index (χ4n) is 1.98. The summed E-state index contributed by atoms with van der Waals surface area (Å²) in [5.74, 6) is 0. The molecule has 2 saturated heterocycles. The quantitative estimate of drug-likeness (QED) is 0.561. The van der Waals surface area contributed by atoms with Gasteiger partial charge in [0.05, 0.1) is 12.7 Å². The van der Waals surface area contributed by atoms with E-state index >= 15 is 0 Å². The van der Waals surface area contributed by atoms with Crippen molar-refractivity contribution in [1.29, 1.82) is 0 Å². The zero-order valence-corrected chi connectivity index (χ0v) is 7.20. The first-order chi connectivity index (χ1) is 5.92. The zero-order chi connectivity index (χ0) is 8.39. The first kappa shape index (κ1) is 8.16. The van der Waals surface area contributed by atoms with Gasteiger partial charge in [0.15, 0.2) is 0 Å². The maximum Gasteiger partial charge on any atom is 0.138 e. The van der Waals surface area contributed by atoms with Crippen molar-refractivity contribution in [2.75, 3.05) is 26.3 Å². The Labute approximate surface area is 72.5 Å². The van der Waals surface area contributed by atoms with Crippen LogP contribution in [0.2, 0.25) is 0 Å². The number of hydrogen-bond acceptors (Lipinski definition) is 4. The lowest BCUT2D eigenvalue weighted by molar-refractivity contribution is -0.117. The molecule has 0 amide bonds. The Balaban J connectivity index is 1.96. The smallest absolute Gasteiger partial charge is 0.138 e. The van der Waals surface area contributed by atoms with E-state index in [0.717, 1.165) is 45.4 Å². The molecule has 12 heavy (non-hydrogen) atoms. The normalized spacial score (nSPS) is 32.8. The van der Waals surface area contributed by atoms with Crippen LogP contribution in [-0.4, -0.2) is 48.6 Å². The SMILES string of the molecule is O=C[C@@H]1CCCN1N1CCNC1. The van der Waals surface area contributed by atoms with Gasteiger partial charge in [-0.3, -0.25) is 0 Å². The lowest BCUT2D eigenvalue weighted by Gasteiger charge is -2.29. The molecule has 0 bridgehead atoms. The van der Waals surface area contributed by atoms with Crippen molar-refractivity contribution in [1.82, 2.24) is 15.3 Å². The maximum atomic E-state index is 10.7. The van der Waals surface area contributed by atoms with Crippen LogP contribution in [0.1, 0.15) is 12.8 Å². The maximum absolute atomic E-state index is 10.7. The first-order valence-corrected chi connectivity index (χ1v) is 4.59. The second-order valence-corrected chi connectivity index (χ2v) is 3.40. The van der Waals surface area contributed by atoms with E-state index in [1.165, 1.54) is 0 Å². The average molecular weight is 169 g/mol. The molecule has 0 saturated carbocycles. The van der Waals surface area contributed by atoms with Gasteiger partial charge >= 0.3 is 0 Å². The molecule has 2 aliphatic heterocycles. The predicted molar refractivity (Wildman–Crippen MR) is 45.4 cm³/mol. The highest BCUT2D eigenvalue weighted by Crippen LogP contribution is 2.18. The molecule has 0 aromatic heterocycles. The summed E-state index contributed by atoms with van der Waals surface area (Å²) in [4.78, 5) is 10.7. The van der Waals surface area contributed by atoms with Gasteiger partial charge in [-0.25, -0.2) is 10.0 Å². The summed E-state index contributed by atoms with van der Waals surface area (Å²) < 4.78 is 0. The highest BCUT2D eigenvalue weighted by Gasteiger charge is 2.30. The van der Waals surface area contributed by atoms with E-state index < -0.39 is 0 Å². The third-order valence-electron chi connectivity index (χ3n) is 2.63. The minimum atomic E-state index is 0.143. The lowest BCUT2D eigenvalue weighted by Crippen LogP contribution is -2.45. The van der Waals surface area contributed by atoms with Gasteiger partial charge in [-0.05, 0) is 12.8 Å². The van der Waals surface area contributed by atoms with E-state index in [9.17, 15) is 4.79 Å². The first-order valence-electron chi connectivity index (χ1n) is 4.59. The molecule has 0 aliphatic carbocycles.